The van der Waals surface area contributed by atoms with E-state index in [1.54, 1.807) is 0 Å². The number of halogens is 1. The summed E-state index contributed by atoms with van der Waals surface area (Å²) in [6.07, 6.45) is 2.28. The molecule has 11 heavy (non-hydrogen) atoms. The van der Waals surface area contributed by atoms with E-state index in [9.17, 15) is 0 Å². The number of hydrogen-bond donors (Lipinski definition) is 2. The van der Waals surface area contributed by atoms with Crippen LogP contribution in [0.2, 0.25) is 0 Å². The predicted octanol–water partition coefficient (Wildman–Crippen LogP) is 0.135. The lowest BCUT2D eigenvalue weighted by Gasteiger charge is -2.22. The highest BCUT2D eigenvalue weighted by Gasteiger charge is 2.11. The van der Waals surface area contributed by atoms with Gasteiger partial charge in [0.2, 0.25) is 0 Å². The highest BCUT2D eigenvalue weighted by molar-refractivity contribution is 5.85. The van der Waals surface area contributed by atoms with E-state index in [-0.39, 0.29) is 12.4 Å². The summed E-state index contributed by atoms with van der Waals surface area (Å²) < 4.78 is 5.21. The second-order valence-electron chi connectivity index (χ2n) is 2.63. The van der Waals surface area contributed by atoms with Crippen LogP contribution in [0.1, 0.15) is 12.8 Å². The molecular formula is C7H17ClN2O. The van der Waals surface area contributed by atoms with Crippen LogP contribution in [0.3, 0.4) is 0 Å². The summed E-state index contributed by atoms with van der Waals surface area (Å²) in [5, 5.41) is 3.37. The molecule has 1 aliphatic rings. The van der Waals surface area contributed by atoms with Crippen LogP contribution in [0.15, 0.2) is 0 Å². The molecular weight excluding hydrogens is 164 g/mol. The van der Waals surface area contributed by atoms with Crippen molar-refractivity contribution in [2.75, 3.05) is 26.3 Å². The van der Waals surface area contributed by atoms with Crippen LogP contribution < -0.4 is 11.1 Å². The third kappa shape index (κ3) is 4.58. The van der Waals surface area contributed by atoms with Gasteiger partial charge in [-0.15, -0.1) is 12.4 Å². The van der Waals surface area contributed by atoms with E-state index in [4.69, 9.17) is 10.5 Å². The fourth-order valence-corrected chi connectivity index (χ4v) is 1.19. The van der Waals surface area contributed by atoms with E-state index in [1.807, 2.05) is 0 Å². The van der Waals surface area contributed by atoms with E-state index in [2.05, 4.69) is 5.32 Å². The van der Waals surface area contributed by atoms with Gasteiger partial charge in [0.15, 0.2) is 0 Å². The van der Waals surface area contributed by atoms with E-state index >= 15 is 0 Å². The van der Waals surface area contributed by atoms with Crippen LogP contribution in [0.4, 0.5) is 0 Å². The third-order valence-corrected chi connectivity index (χ3v) is 1.80. The van der Waals surface area contributed by atoms with Gasteiger partial charge >= 0.3 is 0 Å². The first kappa shape index (κ1) is 11.2. The van der Waals surface area contributed by atoms with Gasteiger partial charge in [0.1, 0.15) is 0 Å². The number of hydrogen-bond acceptors (Lipinski definition) is 3. The molecule has 0 unspecified atom stereocenters. The SMILES string of the molecule is Cl.NCCNC1CCOCC1. The molecule has 0 amide bonds. The first-order valence-electron chi connectivity index (χ1n) is 3.94. The van der Waals surface area contributed by atoms with Gasteiger partial charge in [-0.05, 0) is 12.8 Å². The molecule has 3 nitrogen and oxygen atoms in total. The van der Waals surface area contributed by atoms with Crippen LogP contribution in [0, 0.1) is 0 Å². The molecule has 3 N–H and O–H groups in total. The van der Waals surface area contributed by atoms with Gasteiger partial charge in [0.05, 0.1) is 0 Å². The fourth-order valence-electron chi connectivity index (χ4n) is 1.19. The number of ether oxygens (including phenoxy) is 1. The maximum atomic E-state index is 5.35. The Morgan fingerprint density at radius 2 is 2.00 bits per heavy atom. The topological polar surface area (TPSA) is 47.3 Å². The molecule has 0 radical (unpaired) electrons. The summed E-state index contributed by atoms with van der Waals surface area (Å²) in [5.41, 5.74) is 5.35. The summed E-state index contributed by atoms with van der Waals surface area (Å²) in [6.45, 7) is 3.48. The molecule has 4 heteroatoms. The van der Waals surface area contributed by atoms with Crippen LogP contribution >= 0.6 is 12.4 Å². The second kappa shape index (κ2) is 6.85. The molecule has 1 rings (SSSR count). The van der Waals surface area contributed by atoms with Crippen molar-refractivity contribution in [2.24, 2.45) is 5.73 Å². The Labute approximate surface area is 74.1 Å². The molecule has 1 saturated heterocycles. The Balaban J connectivity index is 0.000001000. The number of nitrogens with one attached hydrogen (secondary N) is 1. The minimum atomic E-state index is 0. The molecule has 1 heterocycles. The monoisotopic (exact) mass is 180 g/mol. The molecule has 0 aromatic rings. The van der Waals surface area contributed by atoms with Crippen molar-refractivity contribution in [2.45, 2.75) is 18.9 Å². The molecule has 0 saturated carbocycles. The van der Waals surface area contributed by atoms with Crippen LogP contribution in [-0.2, 0) is 4.74 Å². The molecule has 0 bridgehead atoms. The molecule has 0 aliphatic carbocycles. The normalized spacial score (nSPS) is 19.4. The molecule has 0 aromatic carbocycles. The van der Waals surface area contributed by atoms with Crippen LogP contribution in [0.5, 0.6) is 0 Å². The van der Waals surface area contributed by atoms with Gasteiger partial charge in [-0.3, -0.25) is 0 Å². The average Bonchev–Trinajstić information content (AvgIpc) is 2.03. The predicted molar refractivity (Wildman–Crippen MR) is 48.1 cm³/mol. The Morgan fingerprint density at radius 3 is 2.55 bits per heavy atom. The lowest BCUT2D eigenvalue weighted by atomic mass is 10.1. The Hall–Kier alpha value is 0.170. The lowest BCUT2D eigenvalue weighted by Crippen LogP contribution is -2.37. The minimum Gasteiger partial charge on any atom is -0.381 e. The van der Waals surface area contributed by atoms with Crippen molar-refractivity contribution in [3.8, 4) is 0 Å². The van der Waals surface area contributed by atoms with Crippen molar-refractivity contribution in [3.05, 3.63) is 0 Å². The minimum absolute atomic E-state index is 0. The molecule has 1 fully saturated rings. The summed E-state index contributed by atoms with van der Waals surface area (Å²) >= 11 is 0. The fraction of sp³-hybridized carbons (Fsp3) is 1.00. The van der Waals surface area contributed by atoms with Gasteiger partial charge in [0, 0.05) is 32.3 Å². The van der Waals surface area contributed by atoms with Crippen molar-refractivity contribution in [1.29, 1.82) is 0 Å². The van der Waals surface area contributed by atoms with Gasteiger partial charge in [-0.25, -0.2) is 0 Å². The number of rotatable bonds is 3. The van der Waals surface area contributed by atoms with Gasteiger partial charge in [-0.1, -0.05) is 0 Å². The van der Waals surface area contributed by atoms with Crippen molar-refractivity contribution < 1.29 is 4.74 Å². The van der Waals surface area contributed by atoms with Crippen molar-refractivity contribution >= 4 is 12.4 Å². The Morgan fingerprint density at radius 1 is 1.36 bits per heavy atom. The highest BCUT2D eigenvalue weighted by Crippen LogP contribution is 2.04. The largest absolute Gasteiger partial charge is 0.381 e. The molecule has 68 valence electrons. The summed E-state index contributed by atoms with van der Waals surface area (Å²) in [5.74, 6) is 0. The summed E-state index contributed by atoms with van der Waals surface area (Å²) in [4.78, 5) is 0. The Bertz CT molecular complexity index is 86.5. The van der Waals surface area contributed by atoms with Gasteiger partial charge in [-0.2, -0.15) is 0 Å². The quantitative estimate of drug-likeness (QED) is 0.650. The van der Waals surface area contributed by atoms with E-state index in [1.165, 1.54) is 0 Å². The molecule has 0 atom stereocenters. The first-order valence-corrected chi connectivity index (χ1v) is 3.94. The summed E-state index contributed by atoms with van der Waals surface area (Å²) in [7, 11) is 0. The van der Waals surface area contributed by atoms with Crippen molar-refractivity contribution in [1.82, 2.24) is 5.32 Å². The van der Waals surface area contributed by atoms with Crippen molar-refractivity contribution in [3.63, 3.8) is 0 Å². The van der Waals surface area contributed by atoms with Crippen LogP contribution in [-0.4, -0.2) is 32.3 Å². The van der Waals surface area contributed by atoms with Gasteiger partial charge in [0.25, 0.3) is 0 Å². The molecule has 0 aromatic heterocycles. The average molecular weight is 181 g/mol. The Kier molecular flexibility index (Phi) is 6.96. The summed E-state index contributed by atoms with van der Waals surface area (Å²) in [6, 6.07) is 0.650. The van der Waals surface area contributed by atoms with Crippen LogP contribution in [0.25, 0.3) is 0 Å². The standard InChI is InChI=1S/C7H16N2O.ClH/c8-3-4-9-7-1-5-10-6-2-7;/h7,9H,1-6,8H2;1H. The maximum Gasteiger partial charge on any atom is 0.0480 e. The third-order valence-electron chi connectivity index (χ3n) is 1.80. The molecule has 0 spiro atoms. The zero-order valence-electron chi connectivity index (χ0n) is 6.71. The van der Waals surface area contributed by atoms with E-state index in [0.29, 0.717) is 6.04 Å². The van der Waals surface area contributed by atoms with E-state index in [0.717, 1.165) is 39.1 Å². The second-order valence-corrected chi connectivity index (χ2v) is 2.63. The first-order chi connectivity index (χ1) is 4.93. The number of nitrogens with two attached hydrogens (primary N) is 1. The van der Waals surface area contributed by atoms with E-state index < -0.39 is 0 Å². The highest BCUT2D eigenvalue weighted by atomic mass is 35.5. The zero-order chi connectivity index (χ0) is 7.23. The smallest absolute Gasteiger partial charge is 0.0480 e. The maximum absolute atomic E-state index is 5.35. The molecule has 1 aliphatic heterocycles. The van der Waals surface area contributed by atoms with Gasteiger partial charge < -0.3 is 15.8 Å². The zero-order valence-corrected chi connectivity index (χ0v) is 7.53. The lowest BCUT2D eigenvalue weighted by molar-refractivity contribution is 0.0783.